The monoisotopic (exact) mass is 812 g/mol. The highest BCUT2D eigenvalue weighted by Gasteiger charge is 2.71. The second kappa shape index (κ2) is 15.5. The van der Waals surface area contributed by atoms with Crippen LogP contribution in [0.25, 0.3) is 0 Å². The van der Waals surface area contributed by atoms with Crippen LogP contribution in [0.2, 0.25) is 0 Å². The SMILES string of the molecule is COC(/C=C(/C)[C@H]1CC[C@]2(C)[C@@H]1[C@H](O)C[C@@H]1[C@@]3(C)CC[C@H](O[C@@H]4O[C@H](CO)[C@@H](O)[C@H](O)[C@H]4O[C@@H]4O[C@H](CO)[C@@H](O)[C@H](O)[C@H]4O)C(C)(C)[C@@H]3CC[C@]12C)C1OC1(C)C. The van der Waals surface area contributed by atoms with Crippen molar-refractivity contribution in [3.05, 3.63) is 11.6 Å². The van der Waals surface area contributed by atoms with Crippen LogP contribution in [0.3, 0.4) is 0 Å². The standard InChI is InChI=1S/C43H72O14/c1-20(16-23(52-9)36-40(4,5)57-36)21-10-14-43(8)29(21)22(46)17-27-41(6)13-12-28(39(2,3)26(41)11-15-42(27,43)7)55-38-35(33(50)31(48)25(19-45)54-38)56-37-34(51)32(49)30(47)24(18-44)53-37/h16,21-38,44-51H,10-15,17-19H2,1-9H3/b20-16-/t21-,22-,23?,24-,25-,26+,27-,28+,29+,30-,31-,32+,33+,34-,35-,36?,37+,38+,41+,42-,43-/m1/s1. The molecule has 0 radical (unpaired) electrons. The summed E-state index contributed by atoms with van der Waals surface area (Å²) < 4.78 is 36.3. The molecule has 4 aliphatic carbocycles. The topological polar surface area (TPSA) is 221 Å². The number of rotatable bonds is 10. The van der Waals surface area contributed by atoms with Gasteiger partial charge in [-0.05, 0) is 111 Å². The van der Waals surface area contributed by atoms with E-state index in [0.29, 0.717) is 6.42 Å². The number of fused-ring (bicyclic) bond motifs is 5. The first-order valence-corrected chi connectivity index (χ1v) is 21.4. The number of hydrogen-bond donors (Lipinski definition) is 8. The molecule has 0 spiro atoms. The summed E-state index contributed by atoms with van der Waals surface area (Å²) in [5, 5.41) is 85.7. The molecule has 0 aromatic carbocycles. The molecule has 4 saturated carbocycles. The summed E-state index contributed by atoms with van der Waals surface area (Å²) in [5.74, 6) is 0.868. The van der Waals surface area contributed by atoms with E-state index in [2.05, 4.69) is 61.5 Å². The van der Waals surface area contributed by atoms with Crippen molar-refractivity contribution in [1.82, 2.24) is 0 Å². The van der Waals surface area contributed by atoms with Crippen LogP contribution in [0, 0.1) is 45.3 Å². The number of allylic oxidation sites excluding steroid dienone is 1. The normalized spacial score (nSPS) is 53.7. The first-order chi connectivity index (χ1) is 26.6. The van der Waals surface area contributed by atoms with E-state index in [0.717, 1.165) is 38.5 Å². The van der Waals surface area contributed by atoms with E-state index in [4.69, 9.17) is 28.4 Å². The minimum atomic E-state index is -1.75. The molecule has 8 N–H and O–H groups in total. The molecule has 0 aromatic rings. The smallest absolute Gasteiger partial charge is 0.187 e. The lowest BCUT2D eigenvalue weighted by Gasteiger charge is -2.70. The van der Waals surface area contributed by atoms with Gasteiger partial charge in [0.25, 0.3) is 0 Å². The van der Waals surface area contributed by atoms with Crippen LogP contribution >= 0.6 is 0 Å². The number of epoxide rings is 1. The first kappa shape index (κ1) is 44.2. The summed E-state index contributed by atoms with van der Waals surface area (Å²) in [5.41, 5.74) is 0.468. The molecule has 7 aliphatic rings. The Hall–Kier alpha value is -0.820. The van der Waals surface area contributed by atoms with Crippen LogP contribution < -0.4 is 0 Å². The fourth-order valence-electron chi connectivity index (χ4n) is 13.7. The zero-order chi connectivity index (χ0) is 41.8. The molecule has 14 nitrogen and oxygen atoms in total. The van der Waals surface area contributed by atoms with Gasteiger partial charge in [-0.25, -0.2) is 0 Å². The average Bonchev–Trinajstić information content (AvgIpc) is 3.62. The van der Waals surface area contributed by atoms with Gasteiger partial charge in [-0.15, -0.1) is 0 Å². The maximum Gasteiger partial charge on any atom is 0.187 e. The zero-order valence-electron chi connectivity index (χ0n) is 35.4. The molecule has 3 saturated heterocycles. The number of ether oxygens (including phenoxy) is 6. The minimum Gasteiger partial charge on any atom is -0.394 e. The highest BCUT2D eigenvalue weighted by Crippen LogP contribution is 2.75. The van der Waals surface area contributed by atoms with Gasteiger partial charge in [0.15, 0.2) is 12.6 Å². The van der Waals surface area contributed by atoms with E-state index in [1.54, 1.807) is 7.11 Å². The maximum atomic E-state index is 12.3. The lowest BCUT2D eigenvalue weighted by molar-refractivity contribution is -0.378. The first-order valence-electron chi connectivity index (χ1n) is 21.4. The van der Waals surface area contributed by atoms with Crippen LogP contribution in [0.4, 0.5) is 0 Å². The summed E-state index contributed by atoms with van der Waals surface area (Å²) in [6.07, 6.45) is -7.52. The average molecular weight is 813 g/mol. The summed E-state index contributed by atoms with van der Waals surface area (Å²) >= 11 is 0. The van der Waals surface area contributed by atoms with Gasteiger partial charge < -0.3 is 69.3 Å². The van der Waals surface area contributed by atoms with Crippen molar-refractivity contribution in [3.63, 3.8) is 0 Å². The van der Waals surface area contributed by atoms with Gasteiger partial charge in [0, 0.05) is 7.11 Å². The van der Waals surface area contributed by atoms with E-state index < -0.39 is 92.2 Å². The van der Waals surface area contributed by atoms with Gasteiger partial charge in [-0.3, -0.25) is 0 Å². The summed E-state index contributed by atoms with van der Waals surface area (Å²) in [6.45, 7) is 16.9. The zero-order valence-corrected chi connectivity index (χ0v) is 35.4. The third kappa shape index (κ3) is 7.01. The summed E-state index contributed by atoms with van der Waals surface area (Å²) in [4.78, 5) is 0. The molecule has 0 bridgehead atoms. The fraction of sp³-hybridized carbons (Fsp3) is 0.953. The predicted molar refractivity (Wildman–Crippen MR) is 205 cm³/mol. The molecular weight excluding hydrogens is 740 g/mol. The van der Waals surface area contributed by atoms with Crippen LogP contribution in [-0.2, 0) is 28.4 Å². The van der Waals surface area contributed by atoms with Crippen LogP contribution in [0.15, 0.2) is 11.6 Å². The fourth-order valence-corrected chi connectivity index (χ4v) is 13.7. The summed E-state index contributed by atoms with van der Waals surface area (Å²) in [6, 6.07) is 0. The van der Waals surface area contributed by atoms with Crippen LogP contribution in [-0.4, -0.2) is 153 Å². The van der Waals surface area contributed by atoms with Crippen molar-refractivity contribution in [2.45, 2.75) is 192 Å². The lowest BCUT2D eigenvalue weighted by Crippen LogP contribution is -2.67. The Kier molecular flexibility index (Phi) is 12.0. The molecular formula is C43H72O14. The van der Waals surface area contributed by atoms with Crippen molar-refractivity contribution in [2.24, 2.45) is 45.3 Å². The summed E-state index contributed by atoms with van der Waals surface area (Å²) in [7, 11) is 1.74. The van der Waals surface area contributed by atoms with Gasteiger partial charge in [-0.2, -0.15) is 0 Å². The van der Waals surface area contributed by atoms with Gasteiger partial charge in [0.1, 0.15) is 61.0 Å². The van der Waals surface area contributed by atoms with E-state index in [-0.39, 0.29) is 57.7 Å². The molecule has 0 aromatic heterocycles. The number of hydrogen-bond acceptors (Lipinski definition) is 14. The lowest BCUT2D eigenvalue weighted by atomic mass is 9.35. The Morgan fingerprint density at radius 1 is 0.719 bits per heavy atom. The van der Waals surface area contributed by atoms with Gasteiger partial charge >= 0.3 is 0 Å². The van der Waals surface area contributed by atoms with Gasteiger partial charge in [0.05, 0.1) is 31.0 Å². The Morgan fingerprint density at radius 3 is 1.91 bits per heavy atom. The Balaban J connectivity index is 1.10. The molecule has 14 heteroatoms. The maximum absolute atomic E-state index is 12.3. The highest BCUT2D eigenvalue weighted by atomic mass is 16.8. The van der Waals surface area contributed by atoms with E-state index in [1.807, 2.05) is 0 Å². The Bertz CT molecular complexity index is 1470. The van der Waals surface area contributed by atoms with E-state index >= 15 is 0 Å². The van der Waals surface area contributed by atoms with Crippen molar-refractivity contribution in [3.8, 4) is 0 Å². The largest absolute Gasteiger partial charge is 0.394 e. The number of methoxy groups -OCH3 is 1. The molecule has 328 valence electrons. The third-order valence-electron chi connectivity index (χ3n) is 17.2. The van der Waals surface area contributed by atoms with E-state index in [9.17, 15) is 40.9 Å². The molecule has 3 heterocycles. The van der Waals surface area contributed by atoms with Crippen LogP contribution in [0.1, 0.15) is 100 Å². The van der Waals surface area contributed by atoms with Gasteiger partial charge in [-0.1, -0.05) is 46.3 Å². The quantitative estimate of drug-likeness (QED) is 0.0897. The van der Waals surface area contributed by atoms with Crippen molar-refractivity contribution in [1.29, 1.82) is 0 Å². The second-order valence-electron chi connectivity index (χ2n) is 20.7. The molecule has 7 fully saturated rings. The molecule has 21 atom stereocenters. The highest BCUT2D eigenvalue weighted by molar-refractivity contribution is 5.24. The van der Waals surface area contributed by atoms with Crippen molar-refractivity contribution >= 4 is 0 Å². The van der Waals surface area contributed by atoms with Crippen molar-refractivity contribution in [2.75, 3.05) is 20.3 Å². The van der Waals surface area contributed by atoms with Gasteiger partial charge in [0.2, 0.25) is 0 Å². The molecule has 7 rings (SSSR count). The molecule has 0 amide bonds. The Labute approximate surface area is 337 Å². The number of aliphatic hydroxyl groups is 8. The second-order valence-corrected chi connectivity index (χ2v) is 20.7. The van der Waals surface area contributed by atoms with E-state index in [1.165, 1.54) is 5.57 Å². The Morgan fingerprint density at radius 2 is 1.32 bits per heavy atom. The molecule has 2 unspecified atom stereocenters. The number of aliphatic hydroxyl groups excluding tert-OH is 8. The van der Waals surface area contributed by atoms with Crippen LogP contribution in [0.5, 0.6) is 0 Å². The predicted octanol–water partition coefficient (Wildman–Crippen LogP) is 1.79. The van der Waals surface area contributed by atoms with Crippen molar-refractivity contribution < 1.29 is 69.3 Å². The molecule has 57 heavy (non-hydrogen) atoms. The minimum absolute atomic E-state index is 0.00534. The molecule has 3 aliphatic heterocycles. The third-order valence-corrected chi connectivity index (χ3v) is 17.2.